The molecule has 8 rings (SSSR count). The second-order valence-electron chi connectivity index (χ2n) is 21.7. The average Bonchev–Trinajstić information content (AvgIpc) is 1.89. The number of carbonyl (C=O) groups is 6. The maximum atomic E-state index is 13.8. The van der Waals surface area contributed by atoms with Crippen LogP contribution in [-0.2, 0) is 55.5 Å². The lowest BCUT2D eigenvalue weighted by Gasteiger charge is -2.30. The number of nitrogen functional groups attached to an aromatic ring is 1. The Morgan fingerprint density at radius 2 is 1.67 bits per heavy atom. The number of imide groups is 1. The number of phosphoric ester groups is 3. The Morgan fingerprint density at radius 1 is 0.944 bits per heavy atom. The van der Waals surface area contributed by atoms with Gasteiger partial charge in [0, 0.05) is 110 Å². The van der Waals surface area contributed by atoms with Crippen molar-refractivity contribution in [3.05, 3.63) is 83.7 Å². The van der Waals surface area contributed by atoms with E-state index in [9.17, 15) is 77.4 Å². The molecule has 2 fully saturated rings. The van der Waals surface area contributed by atoms with Crippen LogP contribution >= 0.6 is 35.2 Å². The van der Waals surface area contributed by atoms with Crippen molar-refractivity contribution in [1.82, 2.24) is 39.6 Å². The molecular formula is C53H65N10O22P3S. The number of anilines is 2. The fourth-order valence-electron chi connectivity index (χ4n) is 9.71. The molecule has 0 spiro atoms. The molecule has 4 aliphatic rings. The minimum atomic E-state index is -5.64. The van der Waals surface area contributed by atoms with E-state index in [1.54, 1.807) is 0 Å². The van der Waals surface area contributed by atoms with Crippen molar-refractivity contribution < 1.29 is 104 Å². The molecule has 0 bridgehead atoms. The second kappa shape index (κ2) is 27.7. The number of phosphoric acid groups is 3. The number of ketones is 1. The quantitative estimate of drug-likeness (QED) is 0.00823. The van der Waals surface area contributed by atoms with Gasteiger partial charge in [0.2, 0.25) is 29.0 Å². The van der Waals surface area contributed by atoms with Crippen molar-refractivity contribution in [1.29, 1.82) is 0 Å². The molecule has 5 heterocycles. The van der Waals surface area contributed by atoms with Gasteiger partial charge >= 0.3 is 23.5 Å². The summed E-state index contributed by atoms with van der Waals surface area (Å²) in [6, 6.07) is 15.3. The van der Waals surface area contributed by atoms with Crippen LogP contribution in [0.1, 0.15) is 66.5 Å². The monoisotopic (exact) mass is 1320 g/mol. The molecule has 89 heavy (non-hydrogen) atoms. The number of ether oxygens (including phenoxy) is 1. The summed E-state index contributed by atoms with van der Waals surface area (Å²) in [6.45, 7) is 0.0297. The molecule has 4 aromatic rings. The van der Waals surface area contributed by atoms with Crippen LogP contribution in [-0.4, -0.2) is 186 Å². The molecule has 0 radical (unpaired) electrons. The molecule has 1 aliphatic carbocycles. The Labute approximate surface area is 510 Å². The zero-order chi connectivity index (χ0) is 65.1. The van der Waals surface area contributed by atoms with Gasteiger partial charge in [0.1, 0.15) is 61.7 Å². The van der Waals surface area contributed by atoms with E-state index in [1.165, 1.54) is 32.0 Å². The first kappa shape index (κ1) is 68.0. The number of rotatable bonds is 28. The third-order valence-electron chi connectivity index (χ3n) is 14.4. The second-order valence-corrected chi connectivity index (χ2v) is 27.3. The Kier molecular flexibility index (Phi) is 21.2. The molecule has 8 unspecified atom stereocenters. The minimum absolute atomic E-state index is 0.00700. The summed E-state index contributed by atoms with van der Waals surface area (Å²) in [5.41, 5.74) is 6.93. The van der Waals surface area contributed by atoms with E-state index in [1.807, 2.05) is 74.1 Å². The molecule has 3 aliphatic heterocycles. The van der Waals surface area contributed by atoms with Gasteiger partial charge in [-0.2, -0.15) is 4.31 Å². The highest BCUT2D eigenvalue weighted by Crippen LogP contribution is 2.61. The van der Waals surface area contributed by atoms with Crippen molar-refractivity contribution in [3.63, 3.8) is 0 Å². The van der Waals surface area contributed by atoms with Gasteiger partial charge in [-0.05, 0) is 36.2 Å². The standard InChI is InChI=1S/C53H65N10O22P3S/c1-53(2,25-81-88(78,79)85-87(76,77)80-24-38-45(84-86(73,74)75)44(67)51(83-38)63-27-59-43-47(54)57-26-58-48(43)63)46(68)49(69)56-16-15-40(65)55-17-19-89-39-23-41(66)62(50(39)70)18-7-8-35(64)28-9-12-31(52(71)72)34(20-28)42-32-13-10-29(60(3)4)21-36(32)82-37-22-30(61(5)6)11-14-33(37)42/h9-14,20-22,26-27,38-39,44-46,51,67-68H,7-8,15-19,23-25H2,1-6H3,(H8-,54,55,56,57,58,65,69,71,72,73,74,75,76,77,78,79). The van der Waals surface area contributed by atoms with Crippen LogP contribution in [0.25, 0.3) is 44.6 Å². The van der Waals surface area contributed by atoms with E-state index in [-0.39, 0.29) is 90.5 Å². The van der Waals surface area contributed by atoms with E-state index in [0.717, 1.165) is 44.9 Å². The van der Waals surface area contributed by atoms with E-state index in [4.69, 9.17) is 23.9 Å². The van der Waals surface area contributed by atoms with Gasteiger partial charge in [0.25, 0.3) is 0 Å². The first-order valence-corrected chi connectivity index (χ1v) is 32.7. The number of amides is 4. The first-order valence-electron chi connectivity index (χ1n) is 27.2. The van der Waals surface area contributed by atoms with E-state index < -0.39 is 108 Å². The van der Waals surface area contributed by atoms with Crippen molar-refractivity contribution in [2.45, 2.75) is 75.4 Å². The number of carboxylic acid groups (broad SMARTS) is 1. The number of hydrogen-bond donors (Lipinski definition) is 9. The lowest BCUT2D eigenvalue weighted by Crippen LogP contribution is -2.46. The molecule has 2 aromatic carbocycles. The number of aromatic carboxylic acids is 1. The zero-order valence-corrected chi connectivity index (χ0v) is 52.1. The summed E-state index contributed by atoms with van der Waals surface area (Å²) in [5.74, 6) is -3.66. The molecule has 480 valence electrons. The number of carboxylic acids is 1. The number of thioether (sulfide) groups is 1. The third-order valence-corrected chi connectivity index (χ3v) is 18.7. The summed E-state index contributed by atoms with van der Waals surface area (Å²) in [5, 5.41) is 40.0. The predicted molar refractivity (Wildman–Crippen MR) is 315 cm³/mol. The highest BCUT2D eigenvalue weighted by molar-refractivity contribution is 8.00. The van der Waals surface area contributed by atoms with Crippen LogP contribution in [0.5, 0.6) is 0 Å². The Balaban J connectivity index is 0.755. The fraction of sp³-hybridized carbons (Fsp3) is 0.434. The highest BCUT2D eigenvalue weighted by atomic mass is 32.2. The average molecular weight is 1320 g/mol. The number of hydrogen-bond acceptors (Lipinski definition) is 24. The number of likely N-dealkylation sites (tertiary alicyclic amines) is 1. The van der Waals surface area contributed by atoms with E-state index >= 15 is 0 Å². The van der Waals surface area contributed by atoms with Gasteiger partial charge in [-0.1, -0.05) is 26.0 Å². The Bertz CT molecular complexity index is 3910. The molecular weight excluding hydrogens is 1250 g/mol. The summed E-state index contributed by atoms with van der Waals surface area (Å²) in [7, 11) is -9.09. The number of nitrogens with two attached hydrogens (primary N) is 1. The summed E-state index contributed by atoms with van der Waals surface area (Å²) in [6.07, 6.45) is -7.37. The number of aliphatic hydroxyl groups excluding tert-OH is 2. The van der Waals surface area contributed by atoms with Gasteiger partial charge in [0.15, 0.2) is 23.5 Å². The van der Waals surface area contributed by atoms with Gasteiger partial charge in [-0.15, -0.1) is 11.8 Å². The summed E-state index contributed by atoms with van der Waals surface area (Å²) in [4.78, 5) is 133. The largest absolute Gasteiger partial charge is 0.545 e. The van der Waals surface area contributed by atoms with Crippen molar-refractivity contribution in [3.8, 4) is 22.5 Å². The van der Waals surface area contributed by atoms with Crippen molar-refractivity contribution in [2.24, 2.45) is 5.41 Å². The predicted octanol–water partition coefficient (Wildman–Crippen LogP) is 0.908. The number of imidazole rings is 1. The normalized spacial score (nSPS) is 19.8. The van der Waals surface area contributed by atoms with Crippen LogP contribution in [0.2, 0.25) is 0 Å². The topological polar surface area (TPSA) is 461 Å². The molecule has 2 saturated heterocycles. The maximum absolute atomic E-state index is 13.8. The van der Waals surface area contributed by atoms with Crippen molar-refractivity contribution >= 4 is 104 Å². The molecule has 4 amide bonds. The van der Waals surface area contributed by atoms with Gasteiger partial charge in [-0.25, -0.2) is 33.2 Å². The number of fused-ring (bicyclic) bond motifs is 3. The van der Waals surface area contributed by atoms with Crippen LogP contribution in [0, 0.1) is 5.41 Å². The first-order chi connectivity index (χ1) is 41.7. The van der Waals surface area contributed by atoms with Gasteiger partial charge < -0.3 is 70.1 Å². The third kappa shape index (κ3) is 16.4. The molecule has 0 saturated carbocycles. The molecule has 10 N–H and O–H groups in total. The van der Waals surface area contributed by atoms with Crippen LogP contribution in [0.3, 0.4) is 0 Å². The Morgan fingerprint density at radius 3 is 2.37 bits per heavy atom. The molecule has 8 atom stereocenters. The molecule has 32 nitrogen and oxygen atoms in total. The number of benzene rings is 3. The minimum Gasteiger partial charge on any atom is -0.545 e. The number of aromatic nitrogens is 4. The fourth-order valence-corrected chi connectivity index (χ4v) is 13.6. The maximum Gasteiger partial charge on any atom is 0.481 e. The zero-order valence-electron chi connectivity index (χ0n) is 48.6. The van der Waals surface area contributed by atoms with Crippen molar-refractivity contribution in [2.75, 3.05) is 77.4 Å². The van der Waals surface area contributed by atoms with E-state index in [0.29, 0.717) is 27.9 Å². The Hall–Kier alpha value is -6.90. The molecule has 2 aromatic heterocycles. The summed E-state index contributed by atoms with van der Waals surface area (Å²) < 4.78 is 71.1. The lowest BCUT2D eigenvalue weighted by molar-refractivity contribution is -0.255. The smallest absolute Gasteiger partial charge is 0.481 e. The number of nitrogens with one attached hydrogen (secondary N) is 2. The number of nitrogens with zero attached hydrogens (tertiary/aromatic N) is 7. The number of aliphatic hydroxyl groups is 2. The number of Topliss-reactive ketones (excluding diaryl/α,β-unsaturated/α-hetero) is 1. The lowest BCUT2D eigenvalue weighted by atomic mass is 9.87. The van der Waals surface area contributed by atoms with Crippen LogP contribution < -0.4 is 36.3 Å². The SMILES string of the molecule is CN(C)c1ccc2c(-c3cc(C(=O)CCCN4C(=O)CC(SCCNC(=O)CCNC(=O)C(O)C(C)(C)COP(=O)(O)OP(=O)(O)OCC5OC(n6cnc7c(N)ncnc76)C(O)C5OP(=O)(O)O)C4=O)ccc3C(=O)[O-])c3ccc(=[N+](C)C)cc-3oc2c1. The van der Waals surface area contributed by atoms with E-state index in [2.05, 4.69) is 34.4 Å². The molecule has 36 heteroatoms. The van der Waals surface area contributed by atoms with Gasteiger partial charge in [-0.3, -0.25) is 47.0 Å². The van der Waals surface area contributed by atoms with Gasteiger partial charge in [0.05, 0.1) is 36.8 Å². The van der Waals surface area contributed by atoms with Crippen LogP contribution in [0.15, 0.2) is 71.7 Å². The summed E-state index contributed by atoms with van der Waals surface area (Å²) >= 11 is 1.13. The highest BCUT2D eigenvalue weighted by Gasteiger charge is 2.50. The number of carbonyl (C=O) groups excluding carboxylic acids is 6. The van der Waals surface area contributed by atoms with Crippen LogP contribution in [0.4, 0.5) is 11.5 Å².